The zero-order valence-corrected chi connectivity index (χ0v) is 13.6. The highest BCUT2D eigenvalue weighted by Crippen LogP contribution is 2.34. The van der Waals surface area contributed by atoms with Crippen molar-refractivity contribution in [1.29, 1.82) is 0 Å². The Balaban J connectivity index is 1.70. The fourth-order valence-corrected chi connectivity index (χ4v) is 3.61. The third kappa shape index (κ3) is 4.26. The second-order valence-corrected chi connectivity index (χ2v) is 7.17. The summed E-state index contributed by atoms with van der Waals surface area (Å²) in [4.78, 5) is 2.43. The first kappa shape index (κ1) is 15.4. The molecule has 1 aromatic carbocycles. The molecule has 0 radical (unpaired) electrons. The largest absolute Gasteiger partial charge is 0.506 e. The Morgan fingerprint density at radius 2 is 2.00 bits per heavy atom. The van der Waals surface area contributed by atoms with Gasteiger partial charge in [-0.25, -0.2) is 0 Å². The maximum Gasteiger partial charge on any atom is 0.138 e. The van der Waals surface area contributed by atoms with E-state index in [1.165, 1.54) is 25.7 Å². The molecule has 1 aliphatic carbocycles. The van der Waals surface area contributed by atoms with E-state index in [2.05, 4.69) is 10.2 Å². The zero-order chi connectivity index (χ0) is 14.8. The van der Waals surface area contributed by atoms with E-state index in [0.717, 1.165) is 31.1 Å². The zero-order valence-electron chi connectivity index (χ0n) is 12.1. The van der Waals surface area contributed by atoms with Gasteiger partial charge in [0.1, 0.15) is 5.75 Å². The van der Waals surface area contributed by atoms with Gasteiger partial charge in [-0.1, -0.05) is 23.2 Å². The predicted octanol–water partition coefficient (Wildman–Crippen LogP) is 3.66. The lowest BCUT2D eigenvalue weighted by atomic mass is 10.1. The van der Waals surface area contributed by atoms with Crippen LogP contribution in [-0.4, -0.2) is 35.7 Å². The van der Waals surface area contributed by atoms with Crippen LogP contribution in [0.1, 0.15) is 31.2 Å². The van der Waals surface area contributed by atoms with Crippen LogP contribution in [0.2, 0.25) is 10.0 Å². The predicted molar refractivity (Wildman–Crippen MR) is 87.2 cm³/mol. The fraction of sp³-hybridized carbons (Fsp3) is 0.625. The fourth-order valence-electron chi connectivity index (χ4n) is 3.07. The first-order valence-corrected chi connectivity index (χ1v) is 8.50. The smallest absolute Gasteiger partial charge is 0.138 e. The molecule has 0 spiro atoms. The topological polar surface area (TPSA) is 35.5 Å². The average Bonchev–Trinajstić information content (AvgIpc) is 3.09. The standard InChI is InChI=1S/C16H22Cl2N2O/c17-13-6-12(16(21)15(18)7-13)9-20(8-11-3-4-11)10-14-2-1-5-19-14/h6-7,11,14,19,21H,1-5,8-10H2. The van der Waals surface area contributed by atoms with E-state index in [9.17, 15) is 5.11 Å². The molecule has 0 aromatic heterocycles. The van der Waals surface area contributed by atoms with Crippen molar-refractivity contribution < 1.29 is 5.11 Å². The van der Waals surface area contributed by atoms with E-state index in [1.54, 1.807) is 6.07 Å². The summed E-state index contributed by atoms with van der Waals surface area (Å²) >= 11 is 12.1. The highest BCUT2D eigenvalue weighted by atomic mass is 35.5. The molecule has 2 aliphatic rings. The maximum absolute atomic E-state index is 10.1. The van der Waals surface area contributed by atoms with Crippen LogP contribution in [-0.2, 0) is 6.54 Å². The monoisotopic (exact) mass is 328 g/mol. The Kier molecular flexibility index (Phi) is 4.95. The Hall–Kier alpha value is -0.480. The number of hydrogen-bond acceptors (Lipinski definition) is 3. The van der Waals surface area contributed by atoms with Crippen molar-refractivity contribution >= 4 is 23.2 Å². The van der Waals surface area contributed by atoms with Crippen molar-refractivity contribution in [1.82, 2.24) is 10.2 Å². The minimum absolute atomic E-state index is 0.168. The molecule has 3 nitrogen and oxygen atoms in total. The quantitative estimate of drug-likeness (QED) is 0.836. The van der Waals surface area contributed by atoms with E-state index < -0.39 is 0 Å². The minimum atomic E-state index is 0.168. The summed E-state index contributed by atoms with van der Waals surface area (Å²) < 4.78 is 0. The van der Waals surface area contributed by atoms with Crippen molar-refractivity contribution in [2.75, 3.05) is 19.6 Å². The Bertz CT molecular complexity index is 499. The average molecular weight is 329 g/mol. The second kappa shape index (κ2) is 6.74. The van der Waals surface area contributed by atoms with Crippen LogP contribution in [0, 0.1) is 5.92 Å². The van der Waals surface area contributed by atoms with Crippen LogP contribution in [0.15, 0.2) is 12.1 Å². The number of phenols is 1. The molecular weight excluding hydrogens is 307 g/mol. The number of benzene rings is 1. The Morgan fingerprint density at radius 1 is 1.19 bits per heavy atom. The van der Waals surface area contributed by atoms with Gasteiger partial charge >= 0.3 is 0 Å². The lowest BCUT2D eigenvalue weighted by Gasteiger charge is -2.26. The van der Waals surface area contributed by atoms with Crippen molar-refractivity contribution in [3.05, 3.63) is 27.7 Å². The van der Waals surface area contributed by atoms with Gasteiger partial charge in [0, 0.05) is 36.3 Å². The van der Waals surface area contributed by atoms with Crippen LogP contribution in [0.25, 0.3) is 0 Å². The van der Waals surface area contributed by atoms with Crippen molar-refractivity contribution in [2.45, 2.75) is 38.3 Å². The highest BCUT2D eigenvalue weighted by Gasteiger charge is 2.27. The molecule has 1 saturated heterocycles. The first-order valence-electron chi connectivity index (χ1n) is 7.74. The SMILES string of the molecule is Oc1c(Cl)cc(Cl)cc1CN(CC1CC1)CC1CCCN1. The van der Waals surface area contributed by atoms with Gasteiger partial charge in [-0.15, -0.1) is 0 Å². The molecule has 1 heterocycles. The molecule has 116 valence electrons. The molecule has 2 N–H and O–H groups in total. The summed E-state index contributed by atoms with van der Waals surface area (Å²) in [7, 11) is 0. The van der Waals surface area contributed by atoms with Gasteiger partial charge in [0.05, 0.1) is 5.02 Å². The Morgan fingerprint density at radius 3 is 2.67 bits per heavy atom. The summed E-state index contributed by atoms with van der Waals surface area (Å²) in [6.07, 6.45) is 5.16. The van der Waals surface area contributed by atoms with Crippen molar-refractivity contribution in [3.8, 4) is 5.75 Å². The third-order valence-corrected chi connectivity index (χ3v) is 4.86. The van der Waals surface area contributed by atoms with Crippen molar-refractivity contribution in [3.63, 3.8) is 0 Å². The van der Waals surface area contributed by atoms with Crippen LogP contribution in [0.5, 0.6) is 5.75 Å². The van der Waals surface area contributed by atoms with Crippen LogP contribution >= 0.6 is 23.2 Å². The third-order valence-electron chi connectivity index (χ3n) is 4.36. The number of rotatable bonds is 6. The van der Waals surface area contributed by atoms with Crippen LogP contribution < -0.4 is 5.32 Å². The van der Waals surface area contributed by atoms with E-state index in [-0.39, 0.29) is 5.75 Å². The molecule has 1 aliphatic heterocycles. The number of aromatic hydroxyl groups is 1. The lowest BCUT2D eigenvalue weighted by molar-refractivity contribution is 0.229. The summed E-state index contributed by atoms with van der Waals surface area (Å²) in [6.45, 7) is 3.96. The molecule has 1 unspecified atom stereocenters. The summed E-state index contributed by atoms with van der Waals surface area (Å²) in [5.74, 6) is 0.990. The lowest BCUT2D eigenvalue weighted by Crippen LogP contribution is -2.38. The number of nitrogens with zero attached hydrogens (tertiary/aromatic N) is 1. The molecule has 0 amide bonds. The Labute approximate surface area is 136 Å². The molecule has 5 heteroatoms. The van der Waals surface area contributed by atoms with E-state index in [0.29, 0.717) is 22.6 Å². The van der Waals surface area contributed by atoms with Crippen LogP contribution in [0.4, 0.5) is 0 Å². The number of hydrogen-bond donors (Lipinski definition) is 2. The molecule has 2 fully saturated rings. The number of phenolic OH excluding ortho intramolecular Hbond substituents is 1. The van der Waals surface area contributed by atoms with Crippen LogP contribution in [0.3, 0.4) is 0 Å². The summed E-state index contributed by atoms with van der Waals surface area (Å²) in [5, 5.41) is 14.6. The van der Waals surface area contributed by atoms with Crippen molar-refractivity contribution in [2.24, 2.45) is 5.92 Å². The van der Waals surface area contributed by atoms with Gasteiger partial charge in [0.2, 0.25) is 0 Å². The van der Waals surface area contributed by atoms with Gasteiger partial charge in [-0.05, 0) is 50.3 Å². The summed E-state index contributed by atoms with van der Waals surface area (Å²) in [6, 6.07) is 3.98. The maximum atomic E-state index is 10.1. The van der Waals surface area contributed by atoms with Gasteiger partial charge in [-0.3, -0.25) is 4.90 Å². The molecule has 1 saturated carbocycles. The second-order valence-electron chi connectivity index (χ2n) is 6.33. The van der Waals surface area contributed by atoms with E-state index in [1.807, 2.05) is 6.07 Å². The molecule has 0 bridgehead atoms. The molecule has 21 heavy (non-hydrogen) atoms. The van der Waals surface area contributed by atoms with Gasteiger partial charge in [-0.2, -0.15) is 0 Å². The molecule has 1 atom stereocenters. The molecule has 3 rings (SSSR count). The minimum Gasteiger partial charge on any atom is -0.506 e. The van der Waals surface area contributed by atoms with E-state index >= 15 is 0 Å². The molecule has 1 aromatic rings. The number of halogens is 2. The van der Waals surface area contributed by atoms with E-state index in [4.69, 9.17) is 23.2 Å². The first-order chi connectivity index (χ1) is 10.1. The normalized spacial score (nSPS) is 22.1. The highest BCUT2D eigenvalue weighted by molar-refractivity contribution is 6.35. The van der Waals surface area contributed by atoms with Gasteiger partial charge in [0.15, 0.2) is 0 Å². The number of nitrogens with one attached hydrogen (secondary N) is 1. The van der Waals surface area contributed by atoms with Gasteiger partial charge in [0.25, 0.3) is 0 Å². The molecular formula is C16H22Cl2N2O. The van der Waals surface area contributed by atoms with Gasteiger partial charge < -0.3 is 10.4 Å². The summed E-state index contributed by atoms with van der Waals surface area (Å²) in [5.41, 5.74) is 0.825.